The third-order valence-corrected chi connectivity index (χ3v) is 1.72. The number of ether oxygens (including phenoxy) is 1. The van der Waals surface area contributed by atoms with Crippen LogP contribution in [0.4, 0.5) is 0 Å². The summed E-state index contributed by atoms with van der Waals surface area (Å²) in [7, 11) is 1.39. The number of carbonyl (C=O) groups excluding carboxylic acids is 1. The van der Waals surface area contributed by atoms with Crippen LogP contribution >= 0.6 is 0 Å². The molecule has 0 bridgehead atoms. The van der Waals surface area contributed by atoms with Crippen molar-refractivity contribution in [1.29, 1.82) is 0 Å². The van der Waals surface area contributed by atoms with Crippen molar-refractivity contribution in [2.45, 2.75) is 12.5 Å². The Morgan fingerprint density at radius 2 is 2.50 bits per heavy atom. The lowest BCUT2D eigenvalue weighted by atomic mass is 10.1. The van der Waals surface area contributed by atoms with Crippen LogP contribution in [-0.4, -0.2) is 25.7 Å². The highest BCUT2D eigenvalue weighted by molar-refractivity contribution is 5.71. The van der Waals surface area contributed by atoms with Crippen LogP contribution in [0.1, 0.15) is 6.42 Å². The molecule has 0 saturated carbocycles. The summed E-state index contributed by atoms with van der Waals surface area (Å²) in [4.78, 5) is 10.7. The van der Waals surface area contributed by atoms with Crippen LogP contribution in [0.5, 0.6) is 0 Å². The monoisotopic (exact) mass is 167 g/mol. The summed E-state index contributed by atoms with van der Waals surface area (Å²) in [6.07, 6.45) is 9.00. The molecular weight excluding hydrogens is 154 g/mol. The molecule has 0 aromatic rings. The number of methoxy groups -OCH3 is 1. The Balaban J connectivity index is 2.19. The average Bonchev–Trinajstić information content (AvgIpc) is 2.16. The Labute approximate surface area is 72.1 Å². The molecule has 0 saturated heterocycles. The molecule has 0 amide bonds. The van der Waals surface area contributed by atoms with Gasteiger partial charge in [-0.3, -0.25) is 4.79 Å². The molecule has 0 fully saturated rings. The standard InChI is InChI=1S/C9H13NO2/c1-12-9(11)7-10-8-5-3-2-4-6-8/h2-5,8,10H,6-7H2,1H3/t8-/m0/s1. The van der Waals surface area contributed by atoms with E-state index in [-0.39, 0.29) is 18.6 Å². The van der Waals surface area contributed by atoms with Crippen molar-refractivity contribution in [3.05, 3.63) is 24.3 Å². The second-order valence-corrected chi connectivity index (χ2v) is 2.61. The quantitative estimate of drug-likeness (QED) is 0.627. The molecule has 1 atom stereocenters. The molecule has 1 aliphatic rings. The maximum Gasteiger partial charge on any atom is 0.319 e. The summed E-state index contributed by atoms with van der Waals surface area (Å²) in [5.41, 5.74) is 0. The maximum absolute atomic E-state index is 10.7. The van der Waals surface area contributed by atoms with E-state index in [1.807, 2.05) is 18.2 Å². The summed E-state index contributed by atoms with van der Waals surface area (Å²) in [5.74, 6) is -0.224. The first-order chi connectivity index (χ1) is 5.83. The summed E-state index contributed by atoms with van der Waals surface area (Å²) in [5, 5.41) is 3.06. The molecule has 12 heavy (non-hydrogen) atoms. The van der Waals surface area contributed by atoms with Gasteiger partial charge in [-0.25, -0.2) is 0 Å². The van der Waals surface area contributed by atoms with Gasteiger partial charge in [-0.15, -0.1) is 0 Å². The lowest BCUT2D eigenvalue weighted by Crippen LogP contribution is -2.32. The van der Waals surface area contributed by atoms with E-state index >= 15 is 0 Å². The average molecular weight is 167 g/mol. The summed E-state index contributed by atoms with van der Waals surface area (Å²) in [6, 6.07) is 0.272. The first-order valence-electron chi connectivity index (χ1n) is 3.96. The number of nitrogens with one attached hydrogen (secondary N) is 1. The van der Waals surface area contributed by atoms with E-state index in [2.05, 4.69) is 16.1 Å². The number of hydrogen-bond acceptors (Lipinski definition) is 3. The molecular formula is C9H13NO2. The lowest BCUT2D eigenvalue weighted by molar-refractivity contribution is -0.139. The van der Waals surface area contributed by atoms with Gasteiger partial charge in [-0.1, -0.05) is 24.3 Å². The van der Waals surface area contributed by atoms with Gasteiger partial charge < -0.3 is 10.1 Å². The van der Waals surface area contributed by atoms with Gasteiger partial charge in [0, 0.05) is 6.04 Å². The van der Waals surface area contributed by atoms with Gasteiger partial charge in [-0.2, -0.15) is 0 Å². The molecule has 0 spiro atoms. The van der Waals surface area contributed by atoms with Gasteiger partial charge in [0.2, 0.25) is 0 Å². The molecule has 66 valence electrons. The SMILES string of the molecule is COC(=O)CN[C@H]1C=CC=CC1. The zero-order chi connectivity index (χ0) is 8.81. The highest BCUT2D eigenvalue weighted by atomic mass is 16.5. The van der Waals surface area contributed by atoms with Crippen molar-refractivity contribution in [1.82, 2.24) is 5.32 Å². The summed E-state index contributed by atoms with van der Waals surface area (Å²) >= 11 is 0. The van der Waals surface area contributed by atoms with Crippen molar-refractivity contribution in [2.24, 2.45) is 0 Å². The maximum atomic E-state index is 10.7. The Morgan fingerprint density at radius 3 is 3.08 bits per heavy atom. The molecule has 1 rings (SSSR count). The molecule has 3 nitrogen and oxygen atoms in total. The smallest absolute Gasteiger partial charge is 0.319 e. The van der Waals surface area contributed by atoms with Crippen molar-refractivity contribution >= 4 is 5.97 Å². The number of esters is 1. The molecule has 1 N–H and O–H groups in total. The van der Waals surface area contributed by atoms with Gasteiger partial charge in [0.15, 0.2) is 0 Å². The second kappa shape index (κ2) is 4.72. The molecule has 1 aliphatic carbocycles. The fourth-order valence-electron chi connectivity index (χ4n) is 1.02. The fraction of sp³-hybridized carbons (Fsp3) is 0.444. The van der Waals surface area contributed by atoms with Gasteiger partial charge >= 0.3 is 5.97 Å². The number of rotatable bonds is 3. The second-order valence-electron chi connectivity index (χ2n) is 2.61. The Morgan fingerprint density at radius 1 is 1.67 bits per heavy atom. The normalized spacial score (nSPS) is 20.9. The predicted octanol–water partition coefficient (Wildman–Crippen LogP) is 0.634. The van der Waals surface area contributed by atoms with E-state index in [0.717, 1.165) is 6.42 Å². The van der Waals surface area contributed by atoms with E-state index in [1.54, 1.807) is 0 Å². The molecule has 0 aromatic heterocycles. The minimum Gasteiger partial charge on any atom is -0.468 e. The third kappa shape index (κ3) is 2.88. The van der Waals surface area contributed by atoms with Gasteiger partial charge in [0.05, 0.1) is 13.7 Å². The molecule has 0 heterocycles. The van der Waals surface area contributed by atoms with Crippen LogP contribution < -0.4 is 5.32 Å². The number of allylic oxidation sites excluding steroid dienone is 2. The minimum atomic E-state index is -0.224. The van der Waals surface area contributed by atoms with Crippen LogP contribution in [0.2, 0.25) is 0 Å². The Kier molecular flexibility index (Phi) is 3.54. The summed E-state index contributed by atoms with van der Waals surface area (Å²) in [6.45, 7) is 0.277. The highest BCUT2D eigenvalue weighted by Gasteiger charge is 2.06. The largest absolute Gasteiger partial charge is 0.468 e. The predicted molar refractivity (Wildman–Crippen MR) is 46.7 cm³/mol. The topological polar surface area (TPSA) is 38.3 Å². The third-order valence-electron chi connectivity index (χ3n) is 1.72. The van der Waals surface area contributed by atoms with E-state index in [9.17, 15) is 4.79 Å². The molecule has 0 aliphatic heterocycles. The molecule has 0 aromatic carbocycles. The van der Waals surface area contributed by atoms with E-state index < -0.39 is 0 Å². The number of carbonyl (C=O) groups is 1. The van der Waals surface area contributed by atoms with Crippen LogP contribution in [0.15, 0.2) is 24.3 Å². The van der Waals surface area contributed by atoms with Crippen molar-refractivity contribution in [2.75, 3.05) is 13.7 Å². The first kappa shape index (κ1) is 9.00. The van der Waals surface area contributed by atoms with Crippen molar-refractivity contribution in [3.63, 3.8) is 0 Å². The fourth-order valence-corrected chi connectivity index (χ4v) is 1.02. The Hall–Kier alpha value is -1.09. The highest BCUT2D eigenvalue weighted by Crippen LogP contribution is 2.01. The Bertz CT molecular complexity index is 209. The molecule has 0 unspecified atom stereocenters. The lowest BCUT2D eigenvalue weighted by Gasteiger charge is -2.13. The molecule has 0 radical (unpaired) electrons. The van der Waals surface area contributed by atoms with E-state index in [4.69, 9.17) is 0 Å². The summed E-state index contributed by atoms with van der Waals surface area (Å²) < 4.78 is 4.50. The van der Waals surface area contributed by atoms with Crippen molar-refractivity contribution < 1.29 is 9.53 Å². The van der Waals surface area contributed by atoms with Crippen molar-refractivity contribution in [3.8, 4) is 0 Å². The number of hydrogen-bond donors (Lipinski definition) is 1. The van der Waals surface area contributed by atoms with Gasteiger partial charge in [0.25, 0.3) is 0 Å². The van der Waals surface area contributed by atoms with Crippen LogP contribution in [0.25, 0.3) is 0 Å². The van der Waals surface area contributed by atoms with Gasteiger partial charge in [0.1, 0.15) is 0 Å². The van der Waals surface area contributed by atoms with Crippen LogP contribution in [0.3, 0.4) is 0 Å². The van der Waals surface area contributed by atoms with Gasteiger partial charge in [-0.05, 0) is 6.42 Å². The zero-order valence-corrected chi connectivity index (χ0v) is 7.12. The molecule has 3 heteroatoms. The zero-order valence-electron chi connectivity index (χ0n) is 7.12. The van der Waals surface area contributed by atoms with E-state index in [0.29, 0.717) is 0 Å². The first-order valence-corrected chi connectivity index (χ1v) is 3.96. The van der Waals surface area contributed by atoms with E-state index in [1.165, 1.54) is 7.11 Å². The minimum absolute atomic E-state index is 0.224. The van der Waals surface area contributed by atoms with Crippen LogP contribution in [-0.2, 0) is 9.53 Å². The van der Waals surface area contributed by atoms with Crippen LogP contribution in [0, 0.1) is 0 Å².